The number of nitrogens with two attached hydrogens (primary N) is 1. The molecular weight excluding hydrogens is 358 g/mol. The van der Waals surface area contributed by atoms with Crippen LogP contribution in [-0.2, 0) is 0 Å². The Balaban J connectivity index is 2.26. The summed E-state index contributed by atoms with van der Waals surface area (Å²) in [6, 6.07) is 15.8. The van der Waals surface area contributed by atoms with E-state index in [0.29, 0.717) is 22.2 Å². The predicted molar refractivity (Wildman–Crippen MR) is 88.8 cm³/mol. The molecule has 2 aromatic carbocycles. The Bertz CT molecular complexity index is 1010. The molecule has 6 heteroatoms. The van der Waals surface area contributed by atoms with E-state index in [4.69, 9.17) is 15.4 Å². The van der Waals surface area contributed by atoms with Crippen LogP contribution < -0.4 is 11.3 Å². The maximum atomic E-state index is 11.7. The summed E-state index contributed by atoms with van der Waals surface area (Å²) >= 11 is 3.35. The van der Waals surface area contributed by atoms with Crippen LogP contribution in [0.5, 0.6) is 0 Å². The number of nitrogens with zero attached hydrogens (tertiary/aromatic N) is 2. The van der Waals surface area contributed by atoms with Crippen molar-refractivity contribution in [2.75, 3.05) is 0 Å². The van der Waals surface area contributed by atoms with Crippen LogP contribution in [0.25, 0.3) is 11.0 Å². The zero-order valence-electron chi connectivity index (χ0n) is 11.8. The molecule has 0 saturated carbocycles. The molecular formula is C17H10BrN3O2. The highest BCUT2D eigenvalue weighted by Crippen LogP contribution is 2.18. The zero-order chi connectivity index (χ0) is 16.4. The van der Waals surface area contributed by atoms with E-state index >= 15 is 0 Å². The van der Waals surface area contributed by atoms with Crippen molar-refractivity contribution in [3.05, 3.63) is 69.7 Å². The molecule has 0 atom stereocenters. The van der Waals surface area contributed by atoms with Crippen molar-refractivity contribution < 1.29 is 9.21 Å². The van der Waals surface area contributed by atoms with E-state index in [1.54, 1.807) is 36.4 Å². The Morgan fingerprint density at radius 2 is 1.91 bits per heavy atom. The van der Waals surface area contributed by atoms with Gasteiger partial charge in [0.2, 0.25) is 5.55 Å². The minimum Gasteiger partial charge on any atom is -0.438 e. The van der Waals surface area contributed by atoms with E-state index < -0.39 is 5.91 Å². The number of carbonyl (C=O) groups excluding carboxylic acids is 1. The Morgan fingerprint density at radius 3 is 2.57 bits per heavy atom. The molecule has 0 radical (unpaired) electrons. The fraction of sp³-hybridized carbons (Fsp3) is 0. The molecule has 1 aromatic heterocycles. The highest BCUT2D eigenvalue weighted by molar-refractivity contribution is 9.10. The third kappa shape index (κ3) is 3.15. The molecule has 112 valence electrons. The van der Waals surface area contributed by atoms with E-state index in [1.165, 1.54) is 0 Å². The van der Waals surface area contributed by atoms with Gasteiger partial charge in [0.1, 0.15) is 11.1 Å². The van der Waals surface area contributed by atoms with Crippen molar-refractivity contribution in [2.24, 2.45) is 10.7 Å². The number of hydrogen-bond donors (Lipinski definition) is 1. The monoisotopic (exact) mass is 367 g/mol. The number of carbonyl (C=O) groups is 1. The van der Waals surface area contributed by atoms with Gasteiger partial charge in [-0.25, -0.2) is 4.99 Å². The second kappa shape index (κ2) is 6.07. The van der Waals surface area contributed by atoms with Crippen LogP contribution in [-0.4, -0.2) is 5.91 Å². The topological polar surface area (TPSA) is 92.4 Å². The third-order valence-electron chi connectivity index (χ3n) is 3.20. The Labute approximate surface area is 139 Å². The first kappa shape index (κ1) is 15.0. The molecule has 2 N–H and O–H groups in total. The molecule has 5 nitrogen and oxygen atoms in total. The lowest BCUT2D eigenvalue weighted by atomic mass is 10.1. The maximum absolute atomic E-state index is 11.7. The number of halogens is 1. The molecule has 0 spiro atoms. The largest absolute Gasteiger partial charge is 0.438 e. The van der Waals surface area contributed by atoms with Crippen LogP contribution in [0, 0.1) is 11.3 Å². The van der Waals surface area contributed by atoms with E-state index in [0.717, 1.165) is 4.47 Å². The second-order valence-corrected chi connectivity index (χ2v) is 5.70. The fourth-order valence-electron chi connectivity index (χ4n) is 2.09. The van der Waals surface area contributed by atoms with Gasteiger partial charge in [-0.2, -0.15) is 5.26 Å². The van der Waals surface area contributed by atoms with Gasteiger partial charge in [-0.3, -0.25) is 4.79 Å². The van der Waals surface area contributed by atoms with E-state index in [-0.39, 0.29) is 11.1 Å². The molecule has 0 fully saturated rings. The zero-order valence-corrected chi connectivity index (χ0v) is 13.4. The molecule has 0 aliphatic rings. The van der Waals surface area contributed by atoms with Gasteiger partial charge in [0, 0.05) is 9.86 Å². The minimum atomic E-state index is -0.645. The summed E-state index contributed by atoms with van der Waals surface area (Å²) in [5, 5.41) is 9.57. The first-order valence-corrected chi connectivity index (χ1v) is 7.44. The van der Waals surface area contributed by atoms with Crippen molar-refractivity contribution in [1.29, 1.82) is 5.26 Å². The van der Waals surface area contributed by atoms with E-state index in [1.807, 2.05) is 18.2 Å². The Morgan fingerprint density at radius 1 is 1.17 bits per heavy atom. The molecule has 3 aromatic rings. The van der Waals surface area contributed by atoms with Crippen LogP contribution in [0.1, 0.15) is 15.9 Å². The summed E-state index contributed by atoms with van der Waals surface area (Å²) in [6.07, 6.45) is 0. The summed E-state index contributed by atoms with van der Waals surface area (Å²) in [4.78, 5) is 16.0. The summed E-state index contributed by atoms with van der Waals surface area (Å²) < 4.78 is 6.62. The Hall–Kier alpha value is -2.91. The number of benzene rings is 2. The summed E-state index contributed by atoms with van der Waals surface area (Å²) in [5.41, 5.74) is 7.34. The minimum absolute atomic E-state index is 0.136. The highest BCUT2D eigenvalue weighted by atomic mass is 79.9. The third-order valence-corrected chi connectivity index (χ3v) is 3.73. The van der Waals surface area contributed by atoms with Gasteiger partial charge in [0.05, 0.1) is 17.3 Å². The van der Waals surface area contributed by atoms with Crippen LogP contribution in [0.2, 0.25) is 0 Å². The average Bonchev–Trinajstić information content (AvgIpc) is 2.55. The van der Waals surface area contributed by atoms with Gasteiger partial charge in [-0.1, -0.05) is 15.9 Å². The lowest BCUT2D eigenvalue weighted by Crippen LogP contribution is -2.21. The van der Waals surface area contributed by atoms with E-state index in [9.17, 15) is 4.79 Å². The SMILES string of the molecule is N#Cc1ccc2o/c(=N\c3ccc(Br)cc3)c(C(N)=O)cc2c1. The van der Waals surface area contributed by atoms with Crippen molar-refractivity contribution in [3.63, 3.8) is 0 Å². The van der Waals surface area contributed by atoms with E-state index in [2.05, 4.69) is 20.9 Å². The van der Waals surface area contributed by atoms with Crippen LogP contribution in [0.4, 0.5) is 5.69 Å². The lowest BCUT2D eigenvalue weighted by molar-refractivity contribution is 0.0996. The van der Waals surface area contributed by atoms with Gasteiger partial charge in [0.15, 0.2) is 0 Å². The number of rotatable bonds is 2. The second-order valence-electron chi connectivity index (χ2n) is 4.78. The first-order chi connectivity index (χ1) is 11.1. The smallest absolute Gasteiger partial charge is 0.254 e. The van der Waals surface area contributed by atoms with Crippen molar-refractivity contribution in [2.45, 2.75) is 0 Å². The molecule has 0 aliphatic heterocycles. The average molecular weight is 368 g/mol. The standard InChI is InChI=1S/C17H10BrN3O2/c18-12-2-4-13(5-3-12)21-17-14(16(20)22)8-11-7-10(9-19)1-6-15(11)23-17/h1-8H,(H2,20,22)/b21-17-. The lowest BCUT2D eigenvalue weighted by Gasteiger charge is -2.02. The summed E-state index contributed by atoms with van der Waals surface area (Å²) in [6.45, 7) is 0. The maximum Gasteiger partial charge on any atom is 0.254 e. The summed E-state index contributed by atoms with van der Waals surface area (Å²) in [5.74, 6) is -0.645. The predicted octanol–water partition coefficient (Wildman–Crippen LogP) is 3.40. The van der Waals surface area contributed by atoms with Crippen LogP contribution in [0.15, 0.2) is 62.4 Å². The number of fused-ring (bicyclic) bond motifs is 1. The Kier molecular flexibility index (Phi) is 3.96. The van der Waals surface area contributed by atoms with Crippen molar-refractivity contribution in [3.8, 4) is 6.07 Å². The summed E-state index contributed by atoms with van der Waals surface area (Å²) in [7, 11) is 0. The van der Waals surface area contributed by atoms with Gasteiger partial charge in [0.25, 0.3) is 5.91 Å². The first-order valence-electron chi connectivity index (χ1n) is 6.65. The van der Waals surface area contributed by atoms with Gasteiger partial charge in [-0.15, -0.1) is 0 Å². The van der Waals surface area contributed by atoms with Gasteiger partial charge >= 0.3 is 0 Å². The van der Waals surface area contributed by atoms with Crippen LogP contribution in [0.3, 0.4) is 0 Å². The molecule has 23 heavy (non-hydrogen) atoms. The number of amides is 1. The van der Waals surface area contributed by atoms with Crippen molar-refractivity contribution >= 4 is 38.5 Å². The van der Waals surface area contributed by atoms with Crippen molar-refractivity contribution in [1.82, 2.24) is 0 Å². The number of primary amides is 1. The highest BCUT2D eigenvalue weighted by Gasteiger charge is 2.10. The van der Waals surface area contributed by atoms with Gasteiger partial charge in [-0.05, 0) is 48.5 Å². The number of nitriles is 1. The molecule has 0 aliphatic carbocycles. The molecule has 3 rings (SSSR count). The van der Waals surface area contributed by atoms with Gasteiger partial charge < -0.3 is 10.2 Å². The molecule has 0 saturated heterocycles. The molecule has 1 amide bonds. The number of hydrogen-bond acceptors (Lipinski definition) is 4. The molecule has 0 bridgehead atoms. The fourth-order valence-corrected chi connectivity index (χ4v) is 2.36. The van der Waals surface area contributed by atoms with Crippen LogP contribution >= 0.6 is 15.9 Å². The molecule has 0 unspecified atom stereocenters. The quantitative estimate of drug-likeness (QED) is 0.751. The molecule has 1 heterocycles. The normalized spacial score (nSPS) is 11.4.